The third-order valence-corrected chi connectivity index (χ3v) is 4.15. The van der Waals surface area contributed by atoms with E-state index in [1.54, 1.807) is 4.72 Å². The van der Waals surface area contributed by atoms with E-state index < -0.39 is 26.5 Å². The molecule has 0 atom stereocenters. The van der Waals surface area contributed by atoms with Crippen LogP contribution >= 0.6 is 0 Å². The van der Waals surface area contributed by atoms with E-state index in [2.05, 4.69) is 0 Å². The highest BCUT2D eigenvalue weighted by Crippen LogP contribution is 2.33. The lowest BCUT2D eigenvalue weighted by Crippen LogP contribution is -2.29. The number of nitrogens with two attached hydrogens (primary N) is 1. The molecule has 0 saturated heterocycles. The van der Waals surface area contributed by atoms with Gasteiger partial charge >= 0.3 is 0 Å². The van der Waals surface area contributed by atoms with Gasteiger partial charge in [0.1, 0.15) is 10.6 Å². The van der Waals surface area contributed by atoms with Crippen LogP contribution in [0.1, 0.15) is 18.1 Å². The van der Waals surface area contributed by atoms with Gasteiger partial charge in [-0.3, -0.25) is 14.9 Å². The number of nitrogen functional groups attached to an aromatic ring is 1. The molecule has 0 fully saturated rings. The molecule has 104 valence electrons. The number of hydrogen-bond donors (Lipinski definition) is 2. The van der Waals surface area contributed by atoms with Gasteiger partial charge in [-0.25, -0.2) is 13.1 Å². The number of carbonyl (C=O) groups excluding carboxylic acids is 1. The van der Waals surface area contributed by atoms with Crippen molar-refractivity contribution in [2.45, 2.75) is 25.7 Å². The second kappa shape index (κ2) is 4.84. The molecule has 0 aromatic heterocycles. The van der Waals surface area contributed by atoms with E-state index in [0.717, 1.165) is 6.92 Å². The van der Waals surface area contributed by atoms with E-state index in [-0.39, 0.29) is 21.7 Å². The molecule has 19 heavy (non-hydrogen) atoms. The molecule has 1 amide bonds. The van der Waals surface area contributed by atoms with Crippen molar-refractivity contribution in [1.29, 1.82) is 0 Å². The number of nitro benzene ring substituents is 1. The third kappa shape index (κ3) is 2.81. The molecule has 0 spiro atoms. The molecule has 1 aromatic carbocycles. The lowest BCUT2D eigenvalue weighted by molar-refractivity contribution is -0.384. The Hall–Kier alpha value is -2.16. The maximum Gasteiger partial charge on any atom is 0.296 e. The molecule has 1 aromatic rings. The fourth-order valence-corrected chi connectivity index (χ4v) is 3.35. The maximum atomic E-state index is 12.0. The Balaban J connectivity index is 3.66. The summed E-state index contributed by atoms with van der Waals surface area (Å²) < 4.78 is 25.7. The summed E-state index contributed by atoms with van der Waals surface area (Å²) in [6.45, 7) is 3.76. The van der Waals surface area contributed by atoms with Gasteiger partial charge in [-0.15, -0.1) is 0 Å². The highest BCUT2D eigenvalue weighted by Gasteiger charge is 2.28. The lowest BCUT2D eigenvalue weighted by atomic mass is 10.1. The Morgan fingerprint density at radius 3 is 2.37 bits per heavy atom. The Labute approximate surface area is 109 Å². The predicted molar refractivity (Wildman–Crippen MR) is 68.0 cm³/mol. The van der Waals surface area contributed by atoms with Crippen molar-refractivity contribution in [3.63, 3.8) is 0 Å². The van der Waals surface area contributed by atoms with Crippen molar-refractivity contribution in [1.82, 2.24) is 4.72 Å². The van der Waals surface area contributed by atoms with Gasteiger partial charge in [-0.2, -0.15) is 0 Å². The van der Waals surface area contributed by atoms with Gasteiger partial charge in [0.25, 0.3) is 15.7 Å². The van der Waals surface area contributed by atoms with E-state index in [4.69, 9.17) is 5.73 Å². The molecule has 3 N–H and O–H groups in total. The Kier molecular flexibility index (Phi) is 3.80. The highest BCUT2D eigenvalue weighted by atomic mass is 32.2. The van der Waals surface area contributed by atoms with E-state index >= 15 is 0 Å². The molecule has 0 radical (unpaired) electrons. The monoisotopic (exact) mass is 287 g/mol. The SMILES string of the molecule is CC(=O)NS(=O)(=O)c1c(C)cc(N)c([N+](=O)[O-])c1C. The van der Waals surface area contributed by atoms with Crippen LogP contribution in [0.25, 0.3) is 0 Å². The molecule has 0 aliphatic carbocycles. The molecule has 0 unspecified atom stereocenters. The van der Waals surface area contributed by atoms with Crippen molar-refractivity contribution < 1.29 is 18.1 Å². The van der Waals surface area contributed by atoms with Gasteiger partial charge in [0.15, 0.2) is 0 Å². The zero-order valence-electron chi connectivity index (χ0n) is 10.6. The van der Waals surface area contributed by atoms with Crippen molar-refractivity contribution in [2.75, 3.05) is 5.73 Å². The van der Waals surface area contributed by atoms with Crippen molar-refractivity contribution in [3.8, 4) is 0 Å². The van der Waals surface area contributed by atoms with Crippen LogP contribution in [0.5, 0.6) is 0 Å². The third-order valence-electron chi connectivity index (χ3n) is 2.43. The predicted octanol–water partition coefficient (Wildman–Crippen LogP) is 0.619. The van der Waals surface area contributed by atoms with Crippen molar-refractivity contribution >= 4 is 27.3 Å². The van der Waals surface area contributed by atoms with Gasteiger partial charge in [0, 0.05) is 12.5 Å². The summed E-state index contributed by atoms with van der Waals surface area (Å²) in [7, 11) is -4.15. The number of nitro groups is 1. The van der Waals surface area contributed by atoms with Crippen LogP contribution in [0.3, 0.4) is 0 Å². The Morgan fingerprint density at radius 1 is 1.42 bits per heavy atom. The summed E-state index contributed by atoms with van der Waals surface area (Å²) in [6, 6.07) is 1.19. The van der Waals surface area contributed by atoms with Crippen LogP contribution in [0, 0.1) is 24.0 Å². The number of hydrogen-bond acceptors (Lipinski definition) is 6. The van der Waals surface area contributed by atoms with E-state index in [0.29, 0.717) is 0 Å². The summed E-state index contributed by atoms with van der Waals surface area (Å²) >= 11 is 0. The standard InChI is InChI=1S/C10H13N3O5S/c1-5-4-8(11)9(13(15)16)6(2)10(5)19(17,18)12-7(3)14/h4H,11H2,1-3H3,(H,12,14). The van der Waals surface area contributed by atoms with Crippen LogP contribution in [0.4, 0.5) is 11.4 Å². The van der Waals surface area contributed by atoms with Crippen molar-refractivity contribution in [2.24, 2.45) is 0 Å². The molecule has 8 nitrogen and oxygen atoms in total. The van der Waals surface area contributed by atoms with Crippen molar-refractivity contribution in [3.05, 3.63) is 27.3 Å². The zero-order valence-corrected chi connectivity index (χ0v) is 11.4. The Morgan fingerprint density at radius 2 is 1.95 bits per heavy atom. The smallest absolute Gasteiger partial charge is 0.296 e. The number of benzene rings is 1. The summed E-state index contributed by atoms with van der Waals surface area (Å²) in [5, 5.41) is 10.9. The number of amides is 1. The van der Waals surface area contributed by atoms with Gasteiger partial charge in [-0.05, 0) is 25.5 Å². The number of nitrogens with zero attached hydrogens (tertiary/aromatic N) is 1. The Bertz CT molecular complexity index is 666. The number of carbonyl (C=O) groups is 1. The number of rotatable bonds is 3. The van der Waals surface area contributed by atoms with E-state index in [1.165, 1.54) is 19.9 Å². The molecule has 0 bridgehead atoms. The molecule has 0 aliphatic heterocycles. The first kappa shape index (κ1) is 14.9. The number of sulfonamides is 1. The number of anilines is 1. The summed E-state index contributed by atoms with van der Waals surface area (Å²) in [5.74, 6) is -0.779. The highest BCUT2D eigenvalue weighted by molar-refractivity contribution is 7.90. The lowest BCUT2D eigenvalue weighted by Gasteiger charge is -2.12. The second-order valence-corrected chi connectivity index (χ2v) is 5.62. The molecular weight excluding hydrogens is 274 g/mol. The maximum absolute atomic E-state index is 12.0. The molecule has 1 rings (SSSR count). The molecular formula is C10H13N3O5S. The fraction of sp³-hybridized carbons (Fsp3) is 0.300. The minimum Gasteiger partial charge on any atom is -0.393 e. The van der Waals surface area contributed by atoms with E-state index in [9.17, 15) is 23.3 Å². The van der Waals surface area contributed by atoms with Crippen LogP contribution in [-0.2, 0) is 14.8 Å². The number of aryl methyl sites for hydroxylation is 1. The summed E-state index contributed by atoms with van der Waals surface area (Å²) in [6.07, 6.45) is 0. The molecule has 0 saturated carbocycles. The largest absolute Gasteiger partial charge is 0.393 e. The van der Waals surface area contributed by atoms with Crippen LogP contribution in [-0.4, -0.2) is 19.2 Å². The second-order valence-electron chi connectivity index (χ2n) is 4.00. The average molecular weight is 287 g/mol. The van der Waals surface area contributed by atoms with Crippen LogP contribution < -0.4 is 10.5 Å². The summed E-state index contributed by atoms with van der Waals surface area (Å²) in [4.78, 5) is 20.7. The summed E-state index contributed by atoms with van der Waals surface area (Å²) in [5.41, 5.74) is 5.04. The van der Waals surface area contributed by atoms with E-state index in [1.807, 2.05) is 0 Å². The first-order valence-corrected chi connectivity index (χ1v) is 6.63. The minimum absolute atomic E-state index is 0.101. The van der Waals surface area contributed by atoms with Gasteiger partial charge in [0.05, 0.1) is 4.92 Å². The molecule has 0 heterocycles. The molecule has 0 aliphatic rings. The van der Waals surface area contributed by atoms with Gasteiger partial charge in [-0.1, -0.05) is 0 Å². The average Bonchev–Trinajstić information content (AvgIpc) is 2.11. The van der Waals surface area contributed by atoms with Crippen LogP contribution in [0.2, 0.25) is 0 Å². The number of nitrogens with one attached hydrogen (secondary N) is 1. The zero-order chi connectivity index (χ0) is 15.0. The quantitative estimate of drug-likeness (QED) is 0.475. The van der Waals surface area contributed by atoms with Crippen LogP contribution in [0.15, 0.2) is 11.0 Å². The minimum atomic E-state index is -4.15. The van der Waals surface area contributed by atoms with Gasteiger partial charge in [0.2, 0.25) is 5.91 Å². The fourth-order valence-electron chi connectivity index (χ4n) is 1.88. The normalized spacial score (nSPS) is 11.1. The van der Waals surface area contributed by atoms with Gasteiger partial charge < -0.3 is 5.73 Å². The molecule has 9 heteroatoms. The first-order valence-electron chi connectivity index (χ1n) is 5.15. The topological polar surface area (TPSA) is 132 Å². The first-order chi connectivity index (χ1) is 8.58.